The maximum Gasteiger partial charge on any atom is 0.256 e. The molecule has 0 unspecified atom stereocenters. The second-order valence-electron chi connectivity index (χ2n) is 31.9. The number of rotatable bonds is 24. The molecule has 1 aliphatic carbocycles. The third-order valence-electron chi connectivity index (χ3n) is 22.8. The van der Waals surface area contributed by atoms with Gasteiger partial charge in [0.05, 0.1) is 57.4 Å². The summed E-state index contributed by atoms with van der Waals surface area (Å²) in [5.41, 5.74) is 58.8. The van der Waals surface area contributed by atoms with E-state index in [0.717, 1.165) is 127 Å². The number of Topliss-reactive ketones (excluding diaryl/α,β-unsaturated/α-hetero) is 1. The largest absolute Gasteiger partial charge is 0.506 e. The monoisotopic (exact) mass is 1740 g/mol. The van der Waals surface area contributed by atoms with Crippen LogP contribution in [0.15, 0.2) is 240 Å². The SMILES string of the molecule is Cc1cccc(-c2cc(CCC3=CC=CCC3=O)nc(N)n2)c1C.Cc1cccc(-c2cc(CCCn3ccccc3=O)nc(N)n2)c1C.Cc1cccc(-c2cc(CCc3ccc(O)cn3)nc(N)n2)c1C.Cc1cccc(-c2cc(CCc3ccc(S(N)(=O)=O)cc3)nc(N)n2)c1C.Cc1cccc(-c2cc(NCCCN3Cc4ncccc4C3=O)nc(N)n2)c1C. The summed E-state index contributed by atoms with van der Waals surface area (Å²) in [7, 11) is -3.67. The van der Waals surface area contributed by atoms with Crippen molar-refractivity contribution in [3.8, 4) is 62.0 Å². The number of amides is 1. The molecule has 14 N–H and O–H groups in total. The molecule has 0 bridgehead atoms. The zero-order chi connectivity index (χ0) is 92.0. The number of sulfonamides is 1. The first kappa shape index (κ1) is 93.3. The lowest BCUT2D eigenvalue weighted by molar-refractivity contribution is -0.115. The maximum absolute atomic E-state index is 12.4. The average Bonchev–Trinajstić information content (AvgIpc) is 1.78. The molecule has 0 atom stereocenters. The van der Waals surface area contributed by atoms with Gasteiger partial charge < -0.3 is 48.6 Å². The van der Waals surface area contributed by atoms with Crippen LogP contribution in [0.2, 0.25) is 0 Å². The standard InChI is InChI=1S/C22H24N6O.C20H22N4O2S.C20H22N4O.C20H21N3O.C19H20N4O/c1-14-6-3-7-16(15(14)2)18-12-20(27-22(23)26-18)25-10-5-11-28-13-19-17(21(28)29)8-4-9-24-19;1-13-4-3-5-18(14(13)2)19-12-16(23-20(21)24-19)9-6-15-7-10-17(11-8-15)27(22,25)26;1-14-7-5-9-17(15(14)2)18-13-16(22-20(21)23-18)8-6-12-24-11-4-3-10-19(24)25;1-13-6-5-8-17(14(13)2)18-12-16(22-20(21)23-18)11-10-15-7-3-4-9-19(15)24;1-12-4-3-5-17(13(12)2)18-10-15(22-19(20)23-18)7-6-14-8-9-16(24)11-21-14/h3-4,6-9,12H,5,10-11,13H2,1-2H3,(H3,23,25,26,27);3-5,7-8,10-12H,6,9H2,1-2H3,(H2,21,23,24)(H2,22,25,26);3-5,7,9-11,13H,6,8,12H2,1-2H3,(H2,21,22,23);3-8,12H,9-11H2,1-2H3,(H2,21,22,23);3-5,8-11,24H,6-7H2,1-2H3,(H2,20,22,23). The molecular formula is C101H109N21O6S. The zero-order valence-corrected chi connectivity index (χ0v) is 75.2. The van der Waals surface area contributed by atoms with Crippen molar-refractivity contribution < 1.29 is 23.1 Å². The van der Waals surface area contributed by atoms with Crippen LogP contribution in [0.4, 0.5) is 35.6 Å². The molecule has 1 amide bonds. The Morgan fingerprint density at radius 2 is 0.853 bits per heavy atom. The third kappa shape index (κ3) is 25.5. The van der Waals surface area contributed by atoms with Crippen LogP contribution in [0, 0.1) is 69.2 Å². The predicted molar refractivity (Wildman–Crippen MR) is 512 cm³/mol. The van der Waals surface area contributed by atoms with E-state index < -0.39 is 10.0 Å². The molecule has 0 saturated heterocycles. The number of allylic oxidation sites excluding steroid dienone is 4. The number of aromatic hydroxyl groups is 1. The Morgan fingerprint density at radius 3 is 1.29 bits per heavy atom. The molecule has 660 valence electrons. The zero-order valence-electron chi connectivity index (χ0n) is 74.4. The average molecular weight is 1750 g/mol. The summed E-state index contributed by atoms with van der Waals surface area (Å²) in [4.78, 5) is 90.0. The number of carbonyl (C=O) groups excluding carboxylic acids is 2. The summed E-state index contributed by atoms with van der Waals surface area (Å²) in [5, 5.41) is 17.7. The quantitative estimate of drug-likeness (QED) is 0.0260. The van der Waals surface area contributed by atoms with Gasteiger partial charge >= 0.3 is 0 Å². The van der Waals surface area contributed by atoms with E-state index in [1.165, 1.54) is 74.0 Å². The molecule has 28 heteroatoms. The first-order valence-corrected chi connectivity index (χ1v) is 44.2. The van der Waals surface area contributed by atoms with Gasteiger partial charge in [-0.15, -0.1) is 0 Å². The van der Waals surface area contributed by atoms with Gasteiger partial charge in [-0.05, 0) is 261 Å². The number of nitrogens with two attached hydrogens (primary N) is 6. The number of nitrogens with zero attached hydrogens (tertiary/aromatic N) is 14. The van der Waals surface area contributed by atoms with Crippen LogP contribution >= 0.6 is 0 Å². The first-order chi connectivity index (χ1) is 61.9. The first-order valence-electron chi connectivity index (χ1n) is 42.7. The normalized spacial score (nSPS) is 12.0. The number of fused-ring (bicyclic) bond motifs is 1. The number of pyridine rings is 3. The van der Waals surface area contributed by atoms with Gasteiger partial charge in [0, 0.05) is 107 Å². The Hall–Kier alpha value is -14.9. The van der Waals surface area contributed by atoms with Crippen LogP contribution in [0.3, 0.4) is 0 Å². The number of aryl methyl sites for hydroxylation is 12. The van der Waals surface area contributed by atoms with Gasteiger partial charge in [-0.3, -0.25) is 24.4 Å². The molecule has 8 aromatic heterocycles. The van der Waals surface area contributed by atoms with Gasteiger partial charge in [0.25, 0.3) is 5.91 Å². The third-order valence-corrected chi connectivity index (χ3v) is 23.8. The number of nitrogens with one attached hydrogen (secondary N) is 1. The lowest BCUT2D eigenvalue weighted by atomic mass is 9.97. The molecule has 1 aliphatic heterocycles. The molecule has 0 spiro atoms. The number of hydrogen-bond acceptors (Lipinski definition) is 24. The van der Waals surface area contributed by atoms with Gasteiger partial charge in [0.2, 0.25) is 45.3 Å². The van der Waals surface area contributed by atoms with Crippen molar-refractivity contribution in [2.45, 2.75) is 151 Å². The summed E-state index contributed by atoms with van der Waals surface area (Å²) in [5.74, 6) is 2.41. The molecule has 0 fully saturated rings. The Balaban J connectivity index is 0.000000146. The number of anilines is 6. The molecule has 27 nitrogen and oxygen atoms in total. The Morgan fingerprint density at radius 1 is 0.419 bits per heavy atom. The molecule has 14 aromatic rings. The number of benzene rings is 6. The van der Waals surface area contributed by atoms with E-state index in [0.29, 0.717) is 76.1 Å². The van der Waals surface area contributed by atoms with Gasteiger partial charge in [-0.2, -0.15) is 4.98 Å². The van der Waals surface area contributed by atoms with E-state index in [4.69, 9.17) is 33.8 Å². The molecule has 6 aromatic carbocycles. The fraction of sp³-hybridized carbons (Fsp3) is 0.238. The fourth-order valence-corrected chi connectivity index (χ4v) is 15.4. The summed E-state index contributed by atoms with van der Waals surface area (Å²) < 4.78 is 24.4. The van der Waals surface area contributed by atoms with E-state index in [9.17, 15) is 27.9 Å². The number of primary sulfonamides is 1. The Bertz CT molecular complexity index is 6640. The molecule has 2 aliphatic rings. The van der Waals surface area contributed by atoms with Crippen molar-refractivity contribution in [3.63, 3.8) is 0 Å². The van der Waals surface area contributed by atoms with Crippen LogP contribution in [0.5, 0.6) is 5.75 Å². The lowest BCUT2D eigenvalue weighted by Gasteiger charge is -2.16. The number of ketones is 1. The second-order valence-corrected chi connectivity index (χ2v) is 33.5. The molecule has 0 saturated carbocycles. The summed E-state index contributed by atoms with van der Waals surface area (Å²) in [6.45, 7) is 23.4. The topological polar surface area (TPSA) is 437 Å². The lowest BCUT2D eigenvalue weighted by Crippen LogP contribution is -2.26. The van der Waals surface area contributed by atoms with Crippen molar-refractivity contribution in [1.82, 2.24) is 69.3 Å². The van der Waals surface area contributed by atoms with Gasteiger partial charge in [-0.1, -0.05) is 127 Å². The van der Waals surface area contributed by atoms with E-state index in [1.54, 1.807) is 53.4 Å². The van der Waals surface area contributed by atoms with E-state index in [1.807, 2.05) is 120 Å². The highest BCUT2D eigenvalue weighted by Crippen LogP contribution is 2.33. The van der Waals surface area contributed by atoms with Gasteiger partial charge in [0.1, 0.15) is 11.6 Å². The number of nitrogen functional groups attached to an aromatic ring is 5. The van der Waals surface area contributed by atoms with E-state index in [-0.39, 0.29) is 57.6 Å². The fourth-order valence-electron chi connectivity index (χ4n) is 14.9. The Kier molecular flexibility index (Phi) is 31.3. The number of carbonyl (C=O) groups is 2. The van der Waals surface area contributed by atoms with Crippen molar-refractivity contribution in [1.29, 1.82) is 0 Å². The van der Waals surface area contributed by atoms with Crippen LogP contribution in [0.1, 0.15) is 131 Å². The summed E-state index contributed by atoms with van der Waals surface area (Å²) in [6, 6.07) is 59.3. The minimum atomic E-state index is -3.67. The van der Waals surface area contributed by atoms with E-state index in [2.05, 4.69) is 177 Å². The van der Waals surface area contributed by atoms with Crippen molar-refractivity contribution >= 4 is 57.3 Å². The van der Waals surface area contributed by atoms with Crippen LogP contribution in [-0.4, -0.2) is 108 Å². The maximum atomic E-state index is 12.4. The van der Waals surface area contributed by atoms with Crippen molar-refractivity contribution in [2.24, 2.45) is 5.14 Å². The van der Waals surface area contributed by atoms with Crippen LogP contribution in [0.25, 0.3) is 56.3 Å². The van der Waals surface area contributed by atoms with Crippen LogP contribution in [-0.2, 0) is 66.4 Å². The van der Waals surface area contributed by atoms with Crippen molar-refractivity contribution in [2.75, 3.05) is 47.1 Å². The summed E-state index contributed by atoms with van der Waals surface area (Å²) in [6.07, 6.45) is 17.7. The molecule has 16 rings (SSSR count). The smallest absolute Gasteiger partial charge is 0.256 e. The van der Waals surface area contributed by atoms with Gasteiger partial charge in [-0.25, -0.2) is 58.4 Å². The van der Waals surface area contributed by atoms with Gasteiger partial charge in [0.15, 0.2) is 5.78 Å². The van der Waals surface area contributed by atoms with Crippen LogP contribution < -0.4 is 44.7 Å². The molecule has 0 radical (unpaired) electrons. The number of hydrogen-bond donors (Lipinski definition) is 8. The predicted octanol–water partition coefficient (Wildman–Crippen LogP) is 16.1. The minimum absolute atomic E-state index is 0.0146. The second kappa shape index (κ2) is 43.3. The van der Waals surface area contributed by atoms with E-state index >= 15 is 0 Å². The summed E-state index contributed by atoms with van der Waals surface area (Å²) >= 11 is 0. The Labute approximate surface area is 752 Å². The highest BCUT2D eigenvalue weighted by atomic mass is 32.2. The highest BCUT2D eigenvalue weighted by Gasteiger charge is 2.28. The molecule has 129 heavy (non-hydrogen) atoms. The molecule has 9 heterocycles. The minimum Gasteiger partial charge on any atom is -0.506 e. The number of aromatic nitrogens is 13. The highest BCUT2D eigenvalue weighted by molar-refractivity contribution is 7.89. The molecular weight excluding hydrogens is 1640 g/mol. The van der Waals surface area contributed by atoms with Crippen molar-refractivity contribution in [3.05, 3.63) is 342 Å².